The topological polar surface area (TPSA) is 88.4 Å². The normalized spacial score (nSPS) is 10.8. The highest BCUT2D eigenvalue weighted by atomic mass is 35.5. The zero-order valence-electron chi connectivity index (χ0n) is 16.3. The number of carbonyl (C=O) groups is 2. The van der Waals surface area contributed by atoms with Gasteiger partial charge in [0.25, 0.3) is 11.8 Å². The molecule has 30 heavy (non-hydrogen) atoms. The van der Waals surface area contributed by atoms with Crippen LogP contribution in [-0.2, 0) is 0 Å². The molecule has 2 amide bonds. The molecular formula is C22H18ClN5O2. The smallest absolute Gasteiger partial charge is 0.276 e. The van der Waals surface area contributed by atoms with Crippen LogP contribution in [0.25, 0.3) is 16.8 Å². The van der Waals surface area contributed by atoms with E-state index >= 15 is 0 Å². The van der Waals surface area contributed by atoms with Crippen LogP contribution in [0.5, 0.6) is 0 Å². The van der Waals surface area contributed by atoms with Gasteiger partial charge in [0.05, 0.1) is 28.7 Å². The summed E-state index contributed by atoms with van der Waals surface area (Å²) in [5.41, 5.74) is 3.84. The zero-order valence-corrected chi connectivity index (χ0v) is 17.1. The lowest BCUT2D eigenvalue weighted by Gasteiger charge is -2.16. The monoisotopic (exact) mass is 419 g/mol. The lowest BCUT2D eigenvalue weighted by molar-refractivity contribution is 0.0964. The van der Waals surface area contributed by atoms with E-state index in [2.05, 4.69) is 20.6 Å². The second-order valence-electron chi connectivity index (χ2n) is 6.67. The Balaban J connectivity index is 1.84. The number of halogens is 1. The number of carbonyl (C=O) groups excluding carboxylic acids is 2. The minimum absolute atomic E-state index is 0.224. The standard InChI is InChI=1S/C22H18ClN5O2/c1-13-10-15(23)11-17(21(29)24-2)18(13)27-22(30)19-20(14-5-7-25-8-6-14)28-9-3-4-16(28)12-26-19/h3-12H,1-2H3,(H,24,29)(H,27,30). The van der Waals surface area contributed by atoms with Crippen molar-refractivity contribution in [3.8, 4) is 11.3 Å². The first-order chi connectivity index (χ1) is 14.5. The van der Waals surface area contributed by atoms with Crippen LogP contribution in [0.15, 0.2) is 61.2 Å². The van der Waals surface area contributed by atoms with Crippen LogP contribution in [0, 0.1) is 6.92 Å². The fourth-order valence-corrected chi connectivity index (χ4v) is 3.63. The third-order valence-electron chi connectivity index (χ3n) is 4.75. The molecule has 3 aromatic heterocycles. The van der Waals surface area contributed by atoms with Gasteiger partial charge in [-0.15, -0.1) is 0 Å². The van der Waals surface area contributed by atoms with Crippen LogP contribution in [0.4, 0.5) is 5.69 Å². The maximum atomic E-state index is 13.3. The second-order valence-corrected chi connectivity index (χ2v) is 7.11. The summed E-state index contributed by atoms with van der Waals surface area (Å²) in [5, 5.41) is 5.84. The first kappa shape index (κ1) is 19.6. The van der Waals surface area contributed by atoms with Crippen LogP contribution in [0.3, 0.4) is 0 Å². The fraction of sp³-hybridized carbons (Fsp3) is 0.0909. The van der Waals surface area contributed by atoms with Gasteiger partial charge >= 0.3 is 0 Å². The van der Waals surface area contributed by atoms with Crippen molar-refractivity contribution in [3.63, 3.8) is 0 Å². The quantitative estimate of drug-likeness (QED) is 0.524. The van der Waals surface area contributed by atoms with Gasteiger partial charge in [0.1, 0.15) is 0 Å². The van der Waals surface area contributed by atoms with Gasteiger partial charge in [-0.05, 0) is 48.9 Å². The first-order valence-electron chi connectivity index (χ1n) is 9.19. The van der Waals surface area contributed by atoms with E-state index in [0.29, 0.717) is 22.0 Å². The van der Waals surface area contributed by atoms with Crippen molar-refractivity contribution in [1.29, 1.82) is 0 Å². The summed E-state index contributed by atoms with van der Waals surface area (Å²) in [6.07, 6.45) is 6.82. The molecule has 0 aliphatic heterocycles. The van der Waals surface area contributed by atoms with Crippen molar-refractivity contribution in [1.82, 2.24) is 19.7 Å². The van der Waals surface area contributed by atoms with E-state index in [1.807, 2.05) is 34.9 Å². The number of aryl methyl sites for hydroxylation is 1. The van der Waals surface area contributed by atoms with E-state index in [1.165, 1.54) is 13.1 Å². The number of pyridine rings is 1. The Bertz CT molecular complexity index is 1270. The molecule has 2 N–H and O–H groups in total. The number of nitrogens with one attached hydrogen (secondary N) is 2. The summed E-state index contributed by atoms with van der Waals surface area (Å²) in [5.74, 6) is -0.785. The van der Waals surface area contributed by atoms with Crippen LogP contribution in [0.2, 0.25) is 5.02 Å². The number of fused-ring (bicyclic) bond motifs is 1. The van der Waals surface area contributed by atoms with E-state index < -0.39 is 5.91 Å². The van der Waals surface area contributed by atoms with E-state index in [1.54, 1.807) is 31.6 Å². The third kappa shape index (κ3) is 3.51. The van der Waals surface area contributed by atoms with Crippen LogP contribution in [0.1, 0.15) is 26.4 Å². The molecule has 0 saturated heterocycles. The molecule has 8 heteroatoms. The highest BCUT2D eigenvalue weighted by Crippen LogP contribution is 2.28. The minimum atomic E-state index is -0.437. The van der Waals surface area contributed by atoms with Gasteiger partial charge in [0.2, 0.25) is 0 Å². The predicted octanol–water partition coefficient (Wildman–Crippen LogP) is 3.97. The zero-order chi connectivity index (χ0) is 21.3. The van der Waals surface area contributed by atoms with Gasteiger partial charge in [0.15, 0.2) is 5.69 Å². The van der Waals surface area contributed by atoms with E-state index in [4.69, 9.17) is 11.6 Å². The lowest BCUT2D eigenvalue weighted by atomic mass is 10.1. The van der Waals surface area contributed by atoms with Crippen molar-refractivity contribution in [3.05, 3.63) is 83.0 Å². The average Bonchev–Trinajstić information content (AvgIpc) is 3.23. The molecule has 0 bridgehead atoms. The molecule has 1 aromatic carbocycles. The number of hydrogen-bond acceptors (Lipinski definition) is 4. The number of amides is 2. The Morgan fingerprint density at radius 2 is 1.87 bits per heavy atom. The summed E-state index contributed by atoms with van der Waals surface area (Å²) < 4.78 is 1.89. The molecular weight excluding hydrogens is 402 g/mol. The molecule has 0 fully saturated rings. The van der Waals surface area contributed by atoms with E-state index in [-0.39, 0.29) is 17.2 Å². The molecule has 3 heterocycles. The van der Waals surface area contributed by atoms with Crippen LogP contribution in [-0.4, -0.2) is 33.2 Å². The second kappa shape index (κ2) is 7.96. The maximum absolute atomic E-state index is 13.3. The highest BCUT2D eigenvalue weighted by molar-refractivity contribution is 6.31. The molecule has 0 aliphatic rings. The molecule has 0 saturated carbocycles. The van der Waals surface area contributed by atoms with Gasteiger partial charge in [0, 0.05) is 36.2 Å². The van der Waals surface area contributed by atoms with Crippen LogP contribution < -0.4 is 10.6 Å². The van der Waals surface area contributed by atoms with Crippen molar-refractivity contribution in [2.45, 2.75) is 6.92 Å². The number of nitrogens with zero attached hydrogens (tertiary/aromatic N) is 3. The molecule has 7 nitrogen and oxygen atoms in total. The van der Waals surface area contributed by atoms with Crippen LogP contribution >= 0.6 is 11.6 Å². The third-order valence-corrected chi connectivity index (χ3v) is 4.97. The minimum Gasteiger partial charge on any atom is -0.355 e. The number of benzene rings is 1. The molecule has 0 atom stereocenters. The molecule has 4 rings (SSSR count). The number of aromatic nitrogens is 3. The largest absolute Gasteiger partial charge is 0.355 e. The Morgan fingerprint density at radius 3 is 2.60 bits per heavy atom. The average molecular weight is 420 g/mol. The van der Waals surface area contributed by atoms with Gasteiger partial charge in [-0.1, -0.05) is 11.6 Å². The predicted molar refractivity (Wildman–Crippen MR) is 116 cm³/mol. The van der Waals surface area contributed by atoms with E-state index in [0.717, 1.165) is 11.1 Å². The summed E-state index contributed by atoms with van der Waals surface area (Å²) in [6.45, 7) is 1.78. The molecule has 4 aromatic rings. The number of anilines is 1. The van der Waals surface area contributed by atoms with Gasteiger partial charge in [-0.25, -0.2) is 4.98 Å². The Morgan fingerprint density at radius 1 is 1.10 bits per heavy atom. The maximum Gasteiger partial charge on any atom is 0.276 e. The SMILES string of the molecule is CNC(=O)c1cc(Cl)cc(C)c1NC(=O)c1ncc2cccn2c1-c1ccncc1. The Labute approximate surface area is 177 Å². The van der Waals surface area contributed by atoms with Crippen molar-refractivity contribution < 1.29 is 9.59 Å². The van der Waals surface area contributed by atoms with E-state index in [9.17, 15) is 9.59 Å². The van der Waals surface area contributed by atoms with Crippen molar-refractivity contribution >= 4 is 34.6 Å². The lowest BCUT2D eigenvalue weighted by Crippen LogP contribution is -2.23. The van der Waals surface area contributed by atoms with Gasteiger partial charge < -0.3 is 15.0 Å². The number of rotatable bonds is 4. The van der Waals surface area contributed by atoms with Crippen molar-refractivity contribution in [2.24, 2.45) is 0 Å². The summed E-state index contributed by atoms with van der Waals surface area (Å²) in [4.78, 5) is 34.1. The van der Waals surface area contributed by atoms with Gasteiger partial charge in [-0.3, -0.25) is 14.6 Å². The van der Waals surface area contributed by atoms with Crippen molar-refractivity contribution in [2.75, 3.05) is 12.4 Å². The Hall–Kier alpha value is -3.71. The summed E-state index contributed by atoms with van der Waals surface area (Å²) in [6, 6.07) is 10.6. The molecule has 0 radical (unpaired) electrons. The summed E-state index contributed by atoms with van der Waals surface area (Å²) in [7, 11) is 1.52. The highest BCUT2D eigenvalue weighted by Gasteiger charge is 2.22. The molecule has 0 aliphatic carbocycles. The van der Waals surface area contributed by atoms with Gasteiger partial charge in [-0.2, -0.15) is 0 Å². The molecule has 0 unspecified atom stereocenters. The molecule has 150 valence electrons. The molecule has 0 spiro atoms. The first-order valence-corrected chi connectivity index (χ1v) is 9.57. The fourth-order valence-electron chi connectivity index (χ4n) is 3.36. The Kier molecular flexibility index (Phi) is 5.20. The number of hydrogen-bond donors (Lipinski definition) is 2. The summed E-state index contributed by atoms with van der Waals surface area (Å²) >= 11 is 6.12.